The first-order valence-electron chi connectivity index (χ1n) is 13.6. The van der Waals surface area contributed by atoms with Gasteiger partial charge in [0, 0.05) is 43.8 Å². The molecule has 0 atom stereocenters. The van der Waals surface area contributed by atoms with Crippen LogP contribution in [-0.4, -0.2) is 78.1 Å². The number of nitrogens with zero attached hydrogens (tertiary/aromatic N) is 6. The van der Waals surface area contributed by atoms with E-state index in [1.165, 1.54) is 5.56 Å². The van der Waals surface area contributed by atoms with E-state index in [4.69, 9.17) is 4.98 Å². The molecule has 1 fully saturated rings. The Kier molecular flexibility index (Phi) is 6.86. The van der Waals surface area contributed by atoms with Crippen LogP contribution >= 0.6 is 0 Å². The standard InChI is InChI=1S/C29H35N7O2S/c1-20-12-23(25-15-32-33-16-25)14-27-28(20)30-19-31-29(27)36-11-8-22-4-5-26(13-24(22)18-36)39(37,38)35(3)17-21-6-9-34(2)10-7-21/h4-5,12-16,19,21H,6-11,17-18H2,1-3H3,(H,32,33). The normalized spacial score (nSPS) is 17.2. The van der Waals surface area contributed by atoms with Crippen LogP contribution in [0.2, 0.25) is 0 Å². The highest BCUT2D eigenvalue weighted by Gasteiger charge is 2.28. The molecular weight excluding hydrogens is 510 g/mol. The molecule has 0 amide bonds. The summed E-state index contributed by atoms with van der Waals surface area (Å²) >= 11 is 0. The largest absolute Gasteiger partial charge is 0.351 e. The molecule has 1 saturated heterocycles. The number of fused-ring (bicyclic) bond motifs is 2. The van der Waals surface area contributed by atoms with Crippen molar-refractivity contribution in [2.24, 2.45) is 5.92 Å². The number of aromatic nitrogens is 4. The Hall–Kier alpha value is -3.34. The van der Waals surface area contributed by atoms with Gasteiger partial charge in [-0.15, -0.1) is 0 Å². The molecule has 2 aromatic carbocycles. The first-order chi connectivity index (χ1) is 18.8. The maximum Gasteiger partial charge on any atom is 0.242 e. The molecule has 0 spiro atoms. The van der Waals surface area contributed by atoms with Crippen LogP contribution in [0.1, 0.15) is 29.5 Å². The Morgan fingerprint density at radius 1 is 1.05 bits per heavy atom. The lowest BCUT2D eigenvalue weighted by Crippen LogP contribution is -2.38. The summed E-state index contributed by atoms with van der Waals surface area (Å²) in [5.41, 5.74) is 6.29. The molecule has 4 aromatic rings. The number of rotatable bonds is 6. The summed E-state index contributed by atoms with van der Waals surface area (Å²) in [5.74, 6) is 1.27. The summed E-state index contributed by atoms with van der Waals surface area (Å²) < 4.78 is 28.6. The third-order valence-corrected chi connectivity index (χ3v) is 10.1. The first kappa shape index (κ1) is 25.9. The average Bonchev–Trinajstić information content (AvgIpc) is 3.49. The van der Waals surface area contributed by atoms with Crippen molar-refractivity contribution in [1.82, 2.24) is 29.4 Å². The number of H-pyrrole nitrogens is 1. The van der Waals surface area contributed by atoms with Gasteiger partial charge in [-0.3, -0.25) is 5.10 Å². The molecule has 39 heavy (non-hydrogen) atoms. The lowest BCUT2D eigenvalue weighted by atomic mass is 9.97. The number of aryl methyl sites for hydroxylation is 1. The zero-order chi connectivity index (χ0) is 27.1. The SMILES string of the molecule is Cc1cc(-c2cn[nH]c2)cc2c(N3CCc4ccc(S(=O)(=O)N(C)CC5CCN(C)CC5)cc4C3)ncnc12. The summed E-state index contributed by atoms with van der Waals surface area (Å²) in [7, 11) is 0.265. The molecular formula is C29H35N7O2S. The number of likely N-dealkylation sites (tertiary alicyclic amines) is 1. The van der Waals surface area contributed by atoms with E-state index in [2.05, 4.69) is 51.1 Å². The van der Waals surface area contributed by atoms with Gasteiger partial charge in [0.15, 0.2) is 0 Å². The van der Waals surface area contributed by atoms with Crippen LogP contribution in [0.3, 0.4) is 0 Å². The second-order valence-corrected chi connectivity index (χ2v) is 13.1. The number of nitrogens with one attached hydrogen (secondary N) is 1. The van der Waals surface area contributed by atoms with Crippen molar-refractivity contribution in [3.63, 3.8) is 0 Å². The van der Waals surface area contributed by atoms with Gasteiger partial charge < -0.3 is 9.80 Å². The molecule has 0 radical (unpaired) electrons. The van der Waals surface area contributed by atoms with Crippen molar-refractivity contribution in [3.8, 4) is 11.1 Å². The fraction of sp³-hybridized carbons (Fsp3) is 0.414. The number of aromatic amines is 1. The van der Waals surface area contributed by atoms with Crippen molar-refractivity contribution in [2.75, 3.05) is 45.2 Å². The maximum atomic E-state index is 13.5. The number of piperidine rings is 1. The minimum Gasteiger partial charge on any atom is -0.351 e. The molecule has 0 bridgehead atoms. The second-order valence-electron chi connectivity index (χ2n) is 11.0. The van der Waals surface area contributed by atoms with E-state index in [0.717, 1.165) is 77.9 Å². The molecule has 2 aliphatic heterocycles. The van der Waals surface area contributed by atoms with Crippen LogP contribution in [0.5, 0.6) is 0 Å². The number of benzene rings is 2. The highest BCUT2D eigenvalue weighted by molar-refractivity contribution is 7.89. The van der Waals surface area contributed by atoms with Gasteiger partial charge in [0.05, 0.1) is 16.6 Å². The number of anilines is 1. The molecule has 2 aromatic heterocycles. The lowest BCUT2D eigenvalue weighted by Gasteiger charge is -2.32. The molecule has 1 N–H and O–H groups in total. The topological polar surface area (TPSA) is 98.3 Å². The second kappa shape index (κ2) is 10.3. The van der Waals surface area contributed by atoms with Gasteiger partial charge in [-0.05, 0) is 98.8 Å². The summed E-state index contributed by atoms with van der Waals surface area (Å²) in [6.07, 6.45) is 8.21. The molecule has 9 nitrogen and oxygen atoms in total. The molecule has 2 aliphatic rings. The van der Waals surface area contributed by atoms with Crippen LogP contribution < -0.4 is 4.90 Å². The van der Waals surface area contributed by atoms with Crippen molar-refractivity contribution in [3.05, 3.63) is 65.7 Å². The predicted octanol–water partition coefficient (Wildman–Crippen LogP) is 3.85. The van der Waals surface area contributed by atoms with Crippen LogP contribution in [0.15, 0.2) is 53.9 Å². The zero-order valence-electron chi connectivity index (χ0n) is 22.8. The number of hydrogen-bond donors (Lipinski definition) is 1. The van der Waals surface area contributed by atoms with Gasteiger partial charge >= 0.3 is 0 Å². The monoisotopic (exact) mass is 545 g/mol. The van der Waals surface area contributed by atoms with Crippen LogP contribution in [0, 0.1) is 12.8 Å². The van der Waals surface area contributed by atoms with E-state index in [0.29, 0.717) is 23.9 Å². The summed E-state index contributed by atoms with van der Waals surface area (Å²) in [5, 5.41) is 7.97. The summed E-state index contributed by atoms with van der Waals surface area (Å²) in [4.78, 5) is 14.2. The van der Waals surface area contributed by atoms with Crippen molar-refractivity contribution < 1.29 is 8.42 Å². The van der Waals surface area contributed by atoms with Gasteiger partial charge in [-0.2, -0.15) is 5.10 Å². The Bertz CT molecular complexity index is 1600. The molecule has 0 aliphatic carbocycles. The number of hydrogen-bond acceptors (Lipinski definition) is 7. The van der Waals surface area contributed by atoms with Gasteiger partial charge in [0.2, 0.25) is 10.0 Å². The van der Waals surface area contributed by atoms with E-state index in [-0.39, 0.29) is 0 Å². The van der Waals surface area contributed by atoms with E-state index in [1.807, 2.05) is 24.5 Å². The van der Waals surface area contributed by atoms with Crippen molar-refractivity contribution in [2.45, 2.75) is 37.6 Å². The third kappa shape index (κ3) is 5.04. The van der Waals surface area contributed by atoms with Crippen LogP contribution in [0.4, 0.5) is 5.82 Å². The first-order valence-corrected chi connectivity index (χ1v) is 15.0. The van der Waals surface area contributed by atoms with Gasteiger partial charge in [-0.25, -0.2) is 22.7 Å². The van der Waals surface area contributed by atoms with E-state index in [9.17, 15) is 8.42 Å². The fourth-order valence-corrected chi connectivity index (χ4v) is 7.22. The lowest BCUT2D eigenvalue weighted by molar-refractivity contribution is 0.202. The molecule has 4 heterocycles. The summed E-state index contributed by atoms with van der Waals surface area (Å²) in [6, 6.07) is 9.87. The smallest absolute Gasteiger partial charge is 0.242 e. The minimum absolute atomic E-state index is 0.365. The quantitative estimate of drug-likeness (QED) is 0.393. The highest BCUT2D eigenvalue weighted by Crippen LogP contribution is 2.34. The Labute approximate surface area is 229 Å². The Morgan fingerprint density at radius 2 is 1.87 bits per heavy atom. The Morgan fingerprint density at radius 3 is 2.64 bits per heavy atom. The molecule has 204 valence electrons. The predicted molar refractivity (Wildman–Crippen MR) is 153 cm³/mol. The maximum absolute atomic E-state index is 13.5. The van der Waals surface area contributed by atoms with Crippen molar-refractivity contribution >= 4 is 26.7 Å². The summed E-state index contributed by atoms with van der Waals surface area (Å²) in [6.45, 7) is 6.06. The third-order valence-electron chi connectivity index (χ3n) is 8.29. The highest BCUT2D eigenvalue weighted by atomic mass is 32.2. The van der Waals surface area contributed by atoms with Crippen molar-refractivity contribution in [1.29, 1.82) is 0 Å². The van der Waals surface area contributed by atoms with E-state index in [1.54, 1.807) is 23.7 Å². The fourth-order valence-electron chi connectivity index (χ4n) is 5.92. The molecule has 6 rings (SSSR count). The van der Waals surface area contributed by atoms with Gasteiger partial charge in [0.1, 0.15) is 12.1 Å². The molecule has 0 unspecified atom stereocenters. The zero-order valence-corrected chi connectivity index (χ0v) is 23.6. The molecule has 10 heteroatoms. The van der Waals surface area contributed by atoms with Crippen LogP contribution in [-0.2, 0) is 23.0 Å². The van der Waals surface area contributed by atoms with Gasteiger partial charge in [-0.1, -0.05) is 6.07 Å². The number of sulfonamides is 1. The molecule has 0 saturated carbocycles. The van der Waals surface area contributed by atoms with Crippen LogP contribution in [0.25, 0.3) is 22.0 Å². The minimum atomic E-state index is -3.57. The van der Waals surface area contributed by atoms with E-state index >= 15 is 0 Å². The Balaban J connectivity index is 1.28. The van der Waals surface area contributed by atoms with Gasteiger partial charge in [0.25, 0.3) is 0 Å². The van der Waals surface area contributed by atoms with E-state index < -0.39 is 10.0 Å². The average molecular weight is 546 g/mol.